The minimum atomic E-state index is -0.829. The molecule has 3 rings (SSSR count). The molecular formula is C17H15NO2S. The van der Waals surface area contributed by atoms with Crippen LogP contribution in [-0.4, -0.2) is 16.1 Å². The van der Waals surface area contributed by atoms with Crippen molar-refractivity contribution in [3.05, 3.63) is 64.8 Å². The molecule has 3 nitrogen and oxygen atoms in total. The highest BCUT2D eigenvalue weighted by molar-refractivity contribution is 7.17. The summed E-state index contributed by atoms with van der Waals surface area (Å²) in [6, 6.07) is 11.8. The van der Waals surface area contributed by atoms with E-state index in [-0.39, 0.29) is 0 Å². The van der Waals surface area contributed by atoms with E-state index in [4.69, 9.17) is 0 Å². The largest absolute Gasteiger partial charge is 0.481 e. The lowest BCUT2D eigenvalue weighted by molar-refractivity contribution is -0.138. The minimum absolute atomic E-state index is 0.462. The van der Waals surface area contributed by atoms with E-state index in [0.29, 0.717) is 12.1 Å². The number of carbonyl (C=O) groups is 1. The minimum Gasteiger partial charge on any atom is -0.481 e. The number of fused-ring (bicyclic) bond motifs is 1. The quantitative estimate of drug-likeness (QED) is 0.791. The van der Waals surface area contributed by atoms with Gasteiger partial charge in [-0.2, -0.15) is 0 Å². The Labute approximate surface area is 126 Å². The summed E-state index contributed by atoms with van der Waals surface area (Å²) in [4.78, 5) is 16.1. The van der Waals surface area contributed by atoms with Crippen LogP contribution in [0.1, 0.15) is 22.7 Å². The lowest BCUT2D eigenvalue weighted by Gasteiger charge is -2.14. The van der Waals surface area contributed by atoms with Crippen molar-refractivity contribution in [1.82, 2.24) is 4.98 Å². The van der Waals surface area contributed by atoms with Crippen molar-refractivity contribution < 1.29 is 9.90 Å². The first-order valence-electron chi connectivity index (χ1n) is 6.76. The van der Waals surface area contributed by atoms with Crippen LogP contribution in [0.15, 0.2) is 48.0 Å². The molecule has 1 atom stereocenters. The average molecular weight is 297 g/mol. The third-order valence-electron chi connectivity index (χ3n) is 3.72. The van der Waals surface area contributed by atoms with E-state index in [0.717, 1.165) is 21.2 Å². The Balaban J connectivity index is 2.05. The third kappa shape index (κ3) is 2.67. The average Bonchev–Trinajstić information content (AvgIpc) is 2.94. The van der Waals surface area contributed by atoms with Gasteiger partial charge < -0.3 is 5.11 Å². The number of pyridine rings is 1. The zero-order valence-electron chi connectivity index (χ0n) is 11.6. The summed E-state index contributed by atoms with van der Waals surface area (Å²) in [6.07, 6.45) is 2.16. The second-order valence-corrected chi connectivity index (χ2v) is 6.00. The van der Waals surface area contributed by atoms with E-state index in [2.05, 4.69) is 4.98 Å². The van der Waals surface area contributed by atoms with E-state index in [1.165, 1.54) is 0 Å². The van der Waals surface area contributed by atoms with Crippen LogP contribution in [0.5, 0.6) is 0 Å². The van der Waals surface area contributed by atoms with Gasteiger partial charge >= 0.3 is 5.97 Å². The SMILES string of the molecule is Cc1ccccc1CC(C(=O)O)c1nccc2sccc12. The molecule has 0 fully saturated rings. The van der Waals surface area contributed by atoms with Crippen molar-refractivity contribution in [2.75, 3.05) is 0 Å². The second kappa shape index (κ2) is 5.66. The van der Waals surface area contributed by atoms with Crippen molar-refractivity contribution >= 4 is 27.4 Å². The summed E-state index contributed by atoms with van der Waals surface area (Å²) in [7, 11) is 0. The van der Waals surface area contributed by atoms with Crippen LogP contribution in [0, 0.1) is 6.92 Å². The molecule has 0 saturated heterocycles. The first-order valence-corrected chi connectivity index (χ1v) is 7.64. The maximum absolute atomic E-state index is 11.7. The monoisotopic (exact) mass is 297 g/mol. The standard InChI is InChI=1S/C17H15NO2S/c1-11-4-2-3-5-12(11)10-14(17(19)20)16-13-7-9-21-15(13)6-8-18-16/h2-9,14H,10H2,1H3,(H,19,20). The van der Waals surface area contributed by atoms with Gasteiger partial charge in [-0.15, -0.1) is 11.3 Å². The number of carboxylic acid groups (broad SMARTS) is 1. The van der Waals surface area contributed by atoms with Crippen LogP contribution in [0.3, 0.4) is 0 Å². The Morgan fingerprint density at radius 1 is 1.29 bits per heavy atom. The molecule has 0 radical (unpaired) electrons. The van der Waals surface area contributed by atoms with Crippen molar-refractivity contribution in [3.63, 3.8) is 0 Å². The summed E-state index contributed by atoms with van der Waals surface area (Å²) >= 11 is 1.61. The lowest BCUT2D eigenvalue weighted by atomic mass is 9.92. The third-order valence-corrected chi connectivity index (χ3v) is 4.61. The number of hydrogen-bond donors (Lipinski definition) is 1. The number of aliphatic carboxylic acids is 1. The van der Waals surface area contributed by atoms with Crippen molar-refractivity contribution in [2.24, 2.45) is 0 Å². The first kappa shape index (κ1) is 13.8. The van der Waals surface area contributed by atoms with Gasteiger partial charge in [0, 0.05) is 16.3 Å². The maximum Gasteiger partial charge on any atom is 0.312 e. The number of aryl methyl sites for hydroxylation is 1. The Morgan fingerprint density at radius 2 is 2.10 bits per heavy atom. The highest BCUT2D eigenvalue weighted by Crippen LogP contribution is 2.30. The number of benzene rings is 1. The molecule has 106 valence electrons. The Kier molecular flexibility index (Phi) is 3.71. The van der Waals surface area contributed by atoms with E-state index in [1.807, 2.05) is 48.7 Å². The maximum atomic E-state index is 11.7. The number of carboxylic acids is 1. The summed E-state index contributed by atoms with van der Waals surface area (Å²) in [6.45, 7) is 2.01. The normalized spacial score (nSPS) is 12.4. The Morgan fingerprint density at radius 3 is 2.86 bits per heavy atom. The highest BCUT2D eigenvalue weighted by Gasteiger charge is 2.24. The Hall–Kier alpha value is -2.20. The van der Waals surface area contributed by atoms with Gasteiger partial charge in [-0.25, -0.2) is 0 Å². The van der Waals surface area contributed by atoms with Gasteiger partial charge in [0.05, 0.1) is 5.69 Å². The van der Waals surface area contributed by atoms with Crippen LogP contribution in [0.2, 0.25) is 0 Å². The van der Waals surface area contributed by atoms with E-state index in [9.17, 15) is 9.90 Å². The van der Waals surface area contributed by atoms with E-state index in [1.54, 1.807) is 17.5 Å². The van der Waals surface area contributed by atoms with Crippen LogP contribution in [0.4, 0.5) is 0 Å². The predicted octanol–water partition coefficient (Wildman–Crippen LogP) is 4.02. The number of rotatable bonds is 4. The summed E-state index contributed by atoms with van der Waals surface area (Å²) < 4.78 is 1.08. The molecule has 0 bridgehead atoms. The van der Waals surface area contributed by atoms with E-state index < -0.39 is 11.9 Å². The zero-order chi connectivity index (χ0) is 14.8. The van der Waals surface area contributed by atoms with Gasteiger partial charge in [0.1, 0.15) is 5.92 Å². The molecule has 0 saturated carbocycles. The predicted molar refractivity (Wildman–Crippen MR) is 84.9 cm³/mol. The fraction of sp³-hybridized carbons (Fsp3) is 0.176. The molecule has 0 amide bonds. The molecule has 4 heteroatoms. The summed E-state index contributed by atoms with van der Waals surface area (Å²) in [5.41, 5.74) is 2.82. The van der Waals surface area contributed by atoms with Gasteiger partial charge in [-0.1, -0.05) is 24.3 Å². The molecule has 0 aliphatic rings. The number of hydrogen-bond acceptors (Lipinski definition) is 3. The number of aromatic nitrogens is 1. The van der Waals surface area contributed by atoms with E-state index >= 15 is 0 Å². The number of nitrogens with zero attached hydrogens (tertiary/aromatic N) is 1. The Bertz CT molecular complexity index is 794. The van der Waals surface area contributed by atoms with Crippen molar-refractivity contribution in [1.29, 1.82) is 0 Å². The van der Waals surface area contributed by atoms with Crippen molar-refractivity contribution in [3.8, 4) is 0 Å². The molecule has 0 spiro atoms. The molecule has 1 unspecified atom stereocenters. The number of thiophene rings is 1. The van der Waals surface area contributed by atoms with Crippen LogP contribution in [-0.2, 0) is 11.2 Å². The molecule has 1 aromatic carbocycles. The topological polar surface area (TPSA) is 50.2 Å². The molecule has 2 aromatic heterocycles. The molecule has 3 aromatic rings. The van der Waals surface area contributed by atoms with Gasteiger partial charge in [-0.05, 0) is 42.0 Å². The summed E-state index contributed by atoms with van der Waals surface area (Å²) in [5.74, 6) is -1.45. The van der Waals surface area contributed by atoms with Crippen LogP contribution >= 0.6 is 11.3 Å². The lowest BCUT2D eigenvalue weighted by Crippen LogP contribution is -2.16. The van der Waals surface area contributed by atoms with Gasteiger partial charge in [0.25, 0.3) is 0 Å². The first-order chi connectivity index (χ1) is 10.2. The highest BCUT2D eigenvalue weighted by atomic mass is 32.1. The molecule has 0 aliphatic carbocycles. The fourth-order valence-corrected chi connectivity index (χ4v) is 3.34. The second-order valence-electron chi connectivity index (χ2n) is 5.05. The molecule has 21 heavy (non-hydrogen) atoms. The van der Waals surface area contributed by atoms with Crippen LogP contribution < -0.4 is 0 Å². The van der Waals surface area contributed by atoms with Gasteiger partial charge in [-0.3, -0.25) is 9.78 Å². The molecule has 2 heterocycles. The summed E-state index contributed by atoms with van der Waals surface area (Å²) in [5, 5.41) is 12.6. The van der Waals surface area contributed by atoms with Crippen molar-refractivity contribution in [2.45, 2.75) is 19.3 Å². The fourth-order valence-electron chi connectivity index (χ4n) is 2.55. The van der Waals surface area contributed by atoms with Gasteiger partial charge in [0.2, 0.25) is 0 Å². The molecule has 1 N–H and O–H groups in total. The molecule has 0 aliphatic heterocycles. The zero-order valence-corrected chi connectivity index (χ0v) is 12.4. The van der Waals surface area contributed by atoms with Gasteiger partial charge in [0.15, 0.2) is 0 Å². The smallest absolute Gasteiger partial charge is 0.312 e. The molecular weight excluding hydrogens is 282 g/mol. The van der Waals surface area contributed by atoms with Crippen LogP contribution in [0.25, 0.3) is 10.1 Å².